The zero-order valence-corrected chi connectivity index (χ0v) is 20.5. The first-order valence-electron chi connectivity index (χ1n) is 10.7. The van der Waals surface area contributed by atoms with Gasteiger partial charge in [0.1, 0.15) is 5.75 Å². The second-order valence-corrected chi connectivity index (χ2v) is 10.3. The van der Waals surface area contributed by atoms with Crippen molar-refractivity contribution >= 4 is 27.3 Å². The number of nitrogens with zero attached hydrogens (tertiary/aromatic N) is 1. The SMILES string of the molecule is Cc1ccc(CN(c2ccc(OCC(=O)Nc3c(C)cc(C)cc3C)cc2)S(C)(=O)=O)cc1. The molecule has 0 atom stereocenters. The molecule has 0 fully saturated rings. The molecule has 0 aliphatic carbocycles. The molecule has 0 bridgehead atoms. The van der Waals surface area contributed by atoms with Crippen LogP contribution in [0.15, 0.2) is 60.7 Å². The summed E-state index contributed by atoms with van der Waals surface area (Å²) in [7, 11) is -3.48. The number of sulfonamides is 1. The maximum atomic E-state index is 12.4. The van der Waals surface area contributed by atoms with E-state index in [1.54, 1.807) is 24.3 Å². The Balaban J connectivity index is 1.66. The lowest BCUT2D eigenvalue weighted by molar-refractivity contribution is -0.118. The Morgan fingerprint density at radius 1 is 0.879 bits per heavy atom. The van der Waals surface area contributed by atoms with Crippen molar-refractivity contribution in [2.45, 2.75) is 34.2 Å². The van der Waals surface area contributed by atoms with E-state index in [9.17, 15) is 13.2 Å². The van der Waals surface area contributed by atoms with E-state index < -0.39 is 10.0 Å². The third-order valence-corrected chi connectivity index (χ3v) is 6.42. The minimum absolute atomic E-state index is 0.148. The second kappa shape index (κ2) is 10.1. The van der Waals surface area contributed by atoms with Crippen molar-refractivity contribution in [1.29, 1.82) is 0 Å². The van der Waals surface area contributed by atoms with E-state index in [0.717, 1.165) is 33.5 Å². The summed E-state index contributed by atoms with van der Waals surface area (Å²) in [5.41, 5.74) is 6.47. The first-order chi connectivity index (χ1) is 15.5. The molecule has 0 unspecified atom stereocenters. The average molecular weight is 467 g/mol. The van der Waals surface area contributed by atoms with Crippen LogP contribution in [0.5, 0.6) is 5.75 Å². The van der Waals surface area contributed by atoms with Crippen LogP contribution in [0.2, 0.25) is 0 Å². The molecule has 0 saturated heterocycles. The minimum Gasteiger partial charge on any atom is -0.484 e. The molecule has 0 spiro atoms. The summed E-state index contributed by atoms with van der Waals surface area (Å²) in [5, 5.41) is 2.91. The number of nitrogens with one attached hydrogen (secondary N) is 1. The van der Waals surface area contributed by atoms with Crippen molar-refractivity contribution in [3.63, 3.8) is 0 Å². The zero-order chi connectivity index (χ0) is 24.2. The molecule has 3 rings (SSSR count). The molecule has 33 heavy (non-hydrogen) atoms. The molecule has 1 amide bonds. The van der Waals surface area contributed by atoms with Gasteiger partial charge in [0.25, 0.3) is 5.91 Å². The van der Waals surface area contributed by atoms with E-state index in [1.165, 1.54) is 10.6 Å². The molecule has 1 N–H and O–H groups in total. The van der Waals surface area contributed by atoms with Crippen LogP contribution in [0.25, 0.3) is 0 Å². The maximum absolute atomic E-state index is 12.4. The Labute approximate surface area is 196 Å². The Kier molecular flexibility index (Phi) is 7.43. The lowest BCUT2D eigenvalue weighted by Crippen LogP contribution is -2.29. The highest BCUT2D eigenvalue weighted by Crippen LogP contribution is 2.25. The van der Waals surface area contributed by atoms with Gasteiger partial charge in [-0.1, -0.05) is 47.5 Å². The molecule has 174 valence electrons. The van der Waals surface area contributed by atoms with Crippen LogP contribution < -0.4 is 14.4 Å². The largest absolute Gasteiger partial charge is 0.484 e. The molecule has 0 aliphatic rings. The van der Waals surface area contributed by atoms with E-state index in [1.807, 2.05) is 64.1 Å². The quantitative estimate of drug-likeness (QED) is 0.512. The number of aryl methyl sites for hydroxylation is 4. The summed E-state index contributed by atoms with van der Waals surface area (Å²) in [5.74, 6) is 0.223. The number of anilines is 2. The highest BCUT2D eigenvalue weighted by Gasteiger charge is 2.18. The highest BCUT2D eigenvalue weighted by molar-refractivity contribution is 7.92. The third kappa shape index (κ3) is 6.58. The number of hydrogen-bond acceptors (Lipinski definition) is 4. The van der Waals surface area contributed by atoms with Gasteiger partial charge in [-0.25, -0.2) is 8.42 Å². The molecule has 0 heterocycles. The number of benzene rings is 3. The van der Waals surface area contributed by atoms with Crippen molar-refractivity contribution in [2.75, 3.05) is 22.5 Å². The van der Waals surface area contributed by atoms with Gasteiger partial charge in [-0.05, 0) is 68.7 Å². The van der Waals surface area contributed by atoms with Crippen molar-refractivity contribution in [3.8, 4) is 5.75 Å². The van der Waals surface area contributed by atoms with Gasteiger partial charge in [-0.15, -0.1) is 0 Å². The Bertz CT molecular complexity index is 1210. The zero-order valence-electron chi connectivity index (χ0n) is 19.7. The number of carbonyl (C=O) groups is 1. The molecule has 3 aromatic rings. The fourth-order valence-electron chi connectivity index (χ4n) is 3.67. The summed E-state index contributed by atoms with van der Waals surface area (Å²) in [6, 6.07) is 18.5. The van der Waals surface area contributed by atoms with Crippen molar-refractivity contribution in [2.24, 2.45) is 0 Å². The molecule has 0 aromatic heterocycles. The monoisotopic (exact) mass is 466 g/mol. The fourth-order valence-corrected chi connectivity index (χ4v) is 4.56. The van der Waals surface area contributed by atoms with Crippen LogP contribution in [0.1, 0.15) is 27.8 Å². The lowest BCUT2D eigenvalue weighted by atomic mass is 10.1. The normalized spacial score (nSPS) is 11.2. The molecule has 3 aromatic carbocycles. The Morgan fingerprint density at radius 2 is 1.45 bits per heavy atom. The van der Waals surface area contributed by atoms with Crippen LogP contribution in [0.4, 0.5) is 11.4 Å². The first kappa shape index (κ1) is 24.3. The van der Waals surface area contributed by atoms with Crippen LogP contribution in [0, 0.1) is 27.7 Å². The predicted octanol–water partition coefficient (Wildman–Crippen LogP) is 4.90. The Hall–Kier alpha value is -3.32. The van der Waals surface area contributed by atoms with Crippen molar-refractivity contribution < 1.29 is 17.9 Å². The molecule has 0 radical (unpaired) electrons. The predicted molar refractivity (Wildman–Crippen MR) is 133 cm³/mol. The van der Waals surface area contributed by atoms with E-state index in [4.69, 9.17) is 4.74 Å². The summed E-state index contributed by atoms with van der Waals surface area (Å²) in [6.07, 6.45) is 1.19. The summed E-state index contributed by atoms with van der Waals surface area (Å²) >= 11 is 0. The first-order valence-corrected chi connectivity index (χ1v) is 12.5. The molecule has 0 saturated carbocycles. The van der Waals surface area contributed by atoms with Gasteiger partial charge in [0, 0.05) is 5.69 Å². The molecule has 6 nitrogen and oxygen atoms in total. The number of ether oxygens (including phenoxy) is 1. The van der Waals surface area contributed by atoms with E-state index in [-0.39, 0.29) is 19.1 Å². The van der Waals surface area contributed by atoms with E-state index in [0.29, 0.717) is 11.4 Å². The van der Waals surface area contributed by atoms with Gasteiger partial charge in [0.15, 0.2) is 6.61 Å². The summed E-state index contributed by atoms with van der Waals surface area (Å²) in [4.78, 5) is 12.4. The number of rotatable bonds is 8. The summed E-state index contributed by atoms with van der Waals surface area (Å²) < 4.78 is 31.7. The van der Waals surface area contributed by atoms with Gasteiger partial charge >= 0.3 is 0 Å². The van der Waals surface area contributed by atoms with Gasteiger partial charge in [-0.3, -0.25) is 9.10 Å². The van der Waals surface area contributed by atoms with Gasteiger partial charge in [0.05, 0.1) is 18.5 Å². The number of carbonyl (C=O) groups excluding carboxylic acids is 1. The molecule has 7 heteroatoms. The molecule has 0 aliphatic heterocycles. The van der Waals surface area contributed by atoms with E-state index >= 15 is 0 Å². The standard InChI is InChI=1S/C26H30N2O4S/c1-18-6-8-22(9-7-18)16-28(33(5,30)31)23-10-12-24(13-11-23)32-17-25(29)27-26-20(3)14-19(2)15-21(26)4/h6-15H,16-17H2,1-5H3,(H,27,29). The second-order valence-electron chi connectivity index (χ2n) is 8.36. The number of hydrogen-bond donors (Lipinski definition) is 1. The van der Waals surface area contributed by atoms with Crippen LogP contribution >= 0.6 is 0 Å². The molecular weight excluding hydrogens is 436 g/mol. The number of amides is 1. The average Bonchev–Trinajstić information content (AvgIpc) is 2.74. The van der Waals surface area contributed by atoms with Crippen LogP contribution in [-0.2, 0) is 21.4 Å². The smallest absolute Gasteiger partial charge is 0.262 e. The fraction of sp³-hybridized carbons (Fsp3) is 0.269. The van der Waals surface area contributed by atoms with Crippen LogP contribution in [0.3, 0.4) is 0 Å². The van der Waals surface area contributed by atoms with Crippen molar-refractivity contribution in [1.82, 2.24) is 0 Å². The third-order valence-electron chi connectivity index (χ3n) is 5.28. The van der Waals surface area contributed by atoms with Gasteiger partial charge < -0.3 is 10.1 Å². The Morgan fingerprint density at radius 3 is 2.00 bits per heavy atom. The topological polar surface area (TPSA) is 75.7 Å². The van der Waals surface area contributed by atoms with Gasteiger partial charge in [0.2, 0.25) is 10.0 Å². The maximum Gasteiger partial charge on any atom is 0.262 e. The summed E-state index contributed by atoms with van der Waals surface area (Å²) in [6.45, 7) is 8.01. The van der Waals surface area contributed by atoms with E-state index in [2.05, 4.69) is 5.32 Å². The highest BCUT2D eigenvalue weighted by atomic mass is 32.2. The van der Waals surface area contributed by atoms with Crippen molar-refractivity contribution in [3.05, 3.63) is 88.5 Å². The molecular formula is C26H30N2O4S. The lowest BCUT2D eigenvalue weighted by Gasteiger charge is -2.23. The van der Waals surface area contributed by atoms with Gasteiger partial charge in [-0.2, -0.15) is 0 Å². The minimum atomic E-state index is -3.48. The van der Waals surface area contributed by atoms with Crippen LogP contribution in [-0.4, -0.2) is 27.2 Å².